The number of hydrogen-bond donors (Lipinski definition) is 1. The maximum Gasteiger partial charge on any atom is 0.433 e. The van der Waals surface area contributed by atoms with Crippen LogP contribution in [-0.2, 0) is 11.0 Å². The lowest BCUT2D eigenvalue weighted by atomic mass is 9.86. The highest BCUT2D eigenvalue weighted by atomic mass is 35.5. The number of nitrogens with one attached hydrogen (secondary N) is 1. The van der Waals surface area contributed by atoms with Gasteiger partial charge in [-0.25, -0.2) is 0 Å². The number of amides is 1. The summed E-state index contributed by atoms with van der Waals surface area (Å²) in [7, 11) is 0. The number of carbonyl (C=O) groups is 1. The fraction of sp³-hybridized carbons (Fsp3) is 0.400. The third-order valence-corrected chi connectivity index (χ3v) is 5.17. The highest BCUT2D eigenvalue weighted by Gasteiger charge is 2.63. The summed E-state index contributed by atoms with van der Waals surface area (Å²) in [5.41, 5.74) is -2.92. The molecule has 1 heterocycles. The molecule has 10 heteroatoms. The number of halogens is 7. The number of allylic oxidation sites excluding steroid dienone is 2. The second-order valence-corrected chi connectivity index (χ2v) is 7.54. The van der Waals surface area contributed by atoms with Crippen molar-refractivity contribution in [3.8, 4) is 0 Å². The van der Waals surface area contributed by atoms with Crippen molar-refractivity contribution in [3.63, 3.8) is 0 Å². The van der Waals surface area contributed by atoms with Gasteiger partial charge in [0.05, 0.1) is 11.0 Å². The first kappa shape index (κ1) is 24.0. The van der Waals surface area contributed by atoms with Crippen LogP contribution in [0, 0.1) is 5.41 Å². The summed E-state index contributed by atoms with van der Waals surface area (Å²) in [6.07, 6.45) is -6.17. The zero-order valence-corrected chi connectivity index (χ0v) is 16.5. The van der Waals surface area contributed by atoms with E-state index in [1.165, 1.54) is 12.2 Å². The van der Waals surface area contributed by atoms with Gasteiger partial charge >= 0.3 is 12.4 Å². The van der Waals surface area contributed by atoms with E-state index in [0.717, 1.165) is 12.3 Å². The smallest absolute Gasteiger partial charge is 0.351 e. The van der Waals surface area contributed by atoms with E-state index in [4.69, 9.17) is 11.6 Å². The number of alkyl halides is 6. The lowest BCUT2D eigenvalue weighted by molar-refractivity contribution is -0.190. The lowest BCUT2D eigenvalue weighted by Crippen LogP contribution is -2.33. The molecular weight excluding hydrogens is 434 g/mol. The summed E-state index contributed by atoms with van der Waals surface area (Å²) >= 11 is 5.75. The number of hydrogen-bond acceptors (Lipinski definition) is 2. The van der Waals surface area contributed by atoms with E-state index >= 15 is 0 Å². The Bertz CT molecular complexity index is 838. The van der Waals surface area contributed by atoms with Crippen LogP contribution in [-0.4, -0.2) is 23.6 Å². The molecule has 2 rings (SSSR count). The quantitative estimate of drug-likeness (QED) is 0.303. The average molecular weight is 453 g/mol. The summed E-state index contributed by atoms with van der Waals surface area (Å²) in [5.74, 6) is -1.59. The Morgan fingerprint density at radius 1 is 1.27 bits per heavy atom. The normalized spacial score (nSPS) is 17.2. The van der Waals surface area contributed by atoms with Crippen molar-refractivity contribution in [2.45, 2.75) is 37.5 Å². The summed E-state index contributed by atoms with van der Waals surface area (Å²) in [6, 6.07) is 1.79. The van der Waals surface area contributed by atoms with Crippen LogP contribution in [0.15, 0.2) is 54.2 Å². The van der Waals surface area contributed by atoms with Gasteiger partial charge in [0.1, 0.15) is 5.69 Å². The van der Waals surface area contributed by atoms with Crippen molar-refractivity contribution in [2.24, 2.45) is 5.41 Å². The van der Waals surface area contributed by atoms with Gasteiger partial charge in [0, 0.05) is 23.7 Å². The second kappa shape index (κ2) is 8.83. The molecule has 1 aromatic heterocycles. The molecule has 30 heavy (non-hydrogen) atoms. The van der Waals surface area contributed by atoms with Gasteiger partial charge in [-0.3, -0.25) is 9.78 Å². The number of carbonyl (C=O) groups excluding carboxylic acids is 1. The minimum absolute atomic E-state index is 0.0204. The third-order valence-electron chi connectivity index (χ3n) is 4.97. The molecule has 0 aromatic carbocycles. The standard InChI is InChI=1S/C20H19ClF6N2O/c1-3-4-15(12(2)21)17(30)29-11-14(9-18(7-8-18)20(25,26)27)13-5-6-16(28-10-13)19(22,23)24/h3-6,10,14H,1-2,7-9,11H2,(H,29,30)/b15-4+. The van der Waals surface area contributed by atoms with Gasteiger partial charge < -0.3 is 5.32 Å². The first-order valence-corrected chi connectivity index (χ1v) is 9.24. The van der Waals surface area contributed by atoms with Crippen LogP contribution < -0.4 is 5.32 Å². The molecule has 164 valence electrons. The van der Waals surface area contributed by atoms with Gasteiger partial charge in [-0.05, 0) is 37.0 Å². The van der Waals surface area contributed by atoms with Gasteiger partial charge in [0.2, 0.25) is 0 Å². The van der Waals surface area contributed by atoms with E-state index in [0.29, 0.717) is 6.07 Å². The van der Waals surface area contributed by atoms with Crippen LogP contribution in [0.4, 0.5) is 26.3 Å². The van der Waals surface area contributed by atoms with E-state index < -0.39 is 35.3 Å². The molecule has 0 bridgehead atoms. The zero-order chi connectivity index (χ0) is 22.7. The monoisotopic (exact) mass is 452 g/mol. The molecular formula is C20H19ClF6N2O. The van der Waals surface area contributed by atoms with Crippen LogP contribution in [0.5, 0.6) is 0 Å². The molecule has 1 atom stereocenters. The lowest BCUT2D eigenvalue weighted by Gasteiger charge is -2.26. The van der Waals surface area contributed by atoms with E-state index in [-0.39, 0.29) is 42.0 Å². The van der Waals surface area contributed by atoms with Crippen molar-refractivity contribution in [1.82, 2.24) is 10.3 Å². The molecule has 0 aliphatic heterocycles. The van der Waals surface area contributed by atoms with Crippen molar-refractivity contribution < 1.29 is 31.1 Å². The number of aromatic nitrogens is 1. The first-order chi connectivity index (χ1) is 13.8. The molecule has 1 fully saturated rings. The van der Waals surface area contributed by atoms with E-state index in [1.807, 2.05) is 0 Å². The van der Waals surface area contributed by atoms with Gasteiger partial charge in [0.25, 0.3) is 5.91 Å². The van der Waals surface area contributed by atoms with Crippen molar-refractivity contribution in [3.05, 3.63) is 65.5 Å². The Labute approximate surface area is 174 Å². The Morgan fingerprint density at radius 3 is 2.30 bits per heavy atom. The van der Waals surface area contributed by atoms with Gasteiger partial charge in [0.15, 0.2) is 0 Å². The van der Waals surface area contributed by atoms with Crippen molar-refractivity contribution in [1.29, 1.82) is 0 Å². The summed E-state index contributed by atoms with van der Waals surface area (Å²) < 4.78 is 78.5. The predicted octanol–water partition coefficient (Wildman–Crippen LogP) is 5.90. The van der Waals surface area contributed by atoms with Crippen LogP contribution in [0.25, 0.3) is 0 Å². The van der Waals surface area contributed by atoms with Crippen molar-refractivity contribution >= 4 is 17.5 Å². The molecule has 1 aliphatic rings. The largest absolute Gasteiger partial charge is 0.433 e. The maximum atomic E-state index is 13.4. The summed E-state index contributed by atoms with van der Waals surface area (Å²) in [4.78, 5) is 15.6. The third kappa shape index (κ3) is 5.65. The SMILES string of the molecule is C=C/C=C(\C(=C)Cl)C(=O)NCC(CC1(C(F)(F)F)CC1)c1ccc(C(F)(F)F)nc1. The van der Waals surface area contributed by atoms with Crippen LogP contribution in [0.1, 0.15) is 36.4 Å². The minimum Gasteiger partial charge on any atom is -0.351 e. The molecule has 1 aromatic rings. The van der Waals surface area contributed by atoms with E-state index in [1.54, 1.807) is 0 Å². The van der Waals surface area contributed by atoms with Gasteiger partial charge in [-0.15, -0.1) is 0 Å². The number of rotatable bonds is 8. The first-order valence-electron chi connectivity index (χ1n) is 8.86. The predicted molar refractivity (Wildman–Crippen MR) is 101 cm³/mol. The van der Waals surface area contributed by atoms with Crippen LogP contribution >= 0.6 is 11.6 Å². The fourth-order valence-corrected chi connectivity index (χ4v) is 3.22. The highest BCUT2D eigenvalue weighted by Crippen LogP contribution is 2.62. The Kier molecular flexibility index (Phi) is 7.06. The topological polar surface area (TPSA) is 42.0 Å². The summed E-state index contributed by atoms with van der Waals surface area (Å²) in [5, 5.41) is 2.39. The number of pyridine rings is 1. The molecule has 1 unspecified atom stereocenters. The maximum absolute atomic E-state index is 13.4. The van der Waals surface area contributed by atoms with Crippen molar-refractivity contribution in [2.75, 3.05) is 6.54 Å². The van der Waals surface area contributed by atoms with Crippen LogP contribution in [0.2, 0.25) is 0 Å². The average Bonchev–Trinajstić information content (AvgIpc) is 3.43. The fourth-order valence-electron chi connectivity index (χ4n) is 3.07. The van der Waals surface area contributed by atoms with E-state index in [9.17, 15) is 31.1 Å². The Hall–Kier alpha value is -2.29. The molecule has 0 radical (unpaired) electrons. The van der Waals surface area contributed by atoms with E-state index in [2.05, 4.69) is 23.5 Å². The minimum atomic E-state index is -4.67. The van der Waals surface area contributed by atoms with Gasteiger partial charge in [-0.1, -0.05) is 36.9 Å². The zero-order valence-electron chi connectivity index (χ0n) is 15.7. The Balaban J connectivity index is 2.26. The highest BCUT2D eigenvalue weighted by molar-refractivity contribution is 6.35. The molecule has 1 amide bonds. The molecule has 0 saturated heterocycles. The molecule has 0 spiro atoms. The molecule has 3 nitrogen and oxygen atoms in total. The molecule has 1 N–H and O–H groups in total. The molecule has 1 saturated carbocycles. The van der Waals surface area contributed by atoms with Gasteiger partial charge in [-0.2, -0.15) is 26.3 Å². The molecule has 1 aliphatic carbocycles. The second-order valence-electron chi connectivity index (χ2n) is 7.08. The summed E-state index contributed by atoms with van der Waals surface area (Å²) in [6.45, 7) is 6.63. The number of nitrogens with zero attached hydrogens (tertiary/aromatic N) is 1. The Morgan fingerprint density at radius 2 is 1.90 bits per heavy atom. The van der Waals surface area contributed by atoms with Crippen LogP contribution in [0.3, 0.4) is 0 Å².